The second-order valence-corrected chi connectivity index (χ2v) is 5.93. The van der Waals surface area contributed by atoms with Gasteiger partial charge in [-0.1, -0.05) is 42.5 Å². The van der Waals surface area contributed by atoms with Crippen LogP contribution in [0.15, 0.2) is 59.5 Å². The molecule has 2 nitrogen and oxygen atoms in total. The highest BCUT2D eigenvalue weighted by atomic mass is 32.2. The second kappa shape index (κ2) is 7.89. The van der Waals surface area contributed by atoms with Crippen molar-refractivity contribution in [3.63, 3.8) is 0 Å². The molecular formula is C18H21NOS. The van der Waals surface area contributed by atoms with Crippen LogP contribution in [0.5, 0.6) is 0 Å². The number of hydrogen-bond acceptors (Lipinski definition) is 2. The number of carbonyl (C=O) groups excluding carboxylic acids is 1. The van der Waals surface area contributed by atoms with E-state index in [2.05, 4.69) is 48.0 Å². The molecule has 1 atom stereocenters. The standard InChI is InChI=1S/C18H21NOS/c1-14(16-9-11-17(21-2)12-10-16)19-18(20)13-8-15-6-4-3-5-7-15/h3-7,9-12,14H,8,13H2,1-2H3,(H,19,20)/t14-/m1/s1. The SMILES string of the molecule is CSc1ccc([C@@H](C)NC(=O)CCc2ccccc2)cc1. The minimum atomic E-state index is 0.0455. The lowest BCUT2D eigenvalue weighted by Crippen LogP contribution is -2.26. The third-order valence-corrected chi connectivity index (χ3v) is 4.22. The average molecular weight is 299 g/mol. The summed E-state index contributed by atoms with van der Waals surface area (Å²) in [6, 6.07) is 18.5. The van der Waals surface area contributed by atoms with Crippen LogP contribution in [0, 0.1) is 0 Å². The van der Waals surface area contributed by atoms with E-state index in [1.165, 1.54) is 10.5 Å². The van der Waals surface area contributed by atoms with E-state index in [-0.39, 0.29) is 11.9 Å². The number of nitrogens with one attached hydrogen (secondary N) is 1. The number of hydrogen-bond donors (Lipinski definition) is 1. The van der Waals surface area contributed by atoms with Gasteiger partial charge in [0.1, 0.15) is 0 Å². The second-order valence-electron chi connectivity index (χ2n) is 5.05. The Morgan fingerprint density at radius 1 is 1.10 bits per heavy atom. The van der Waals surface area contributed by atoms with Crippen LogP contribution < -0.4 is 5.32 Å². The normalized spacial score (nSPS) is 11.9. The molecule has 0 radical (unpaired) electrons. The Kier molecular flexibility index (Phi) is 5.88. The Hall–Kier alpha value is -1.74. The Balaban J connectivity index is 1.83. The van der Waals surface area contributed by atoms with Gasteiger partial charge in [-0.05, 0) is 42.9 Å². The van der Waals surface area contributed by atoms with Gasteiger partial charge in [0.15, 0.2) is 0 Å². The average Bonchev–Trinajstić information content (AvgIpc) is 2.54. The summed E-state index contributed by atoms with van der Waals surface area (Å²) in [5, 5.41) is 3.06. The van der Waals surface area contributed by atoms with Crippen molar-refractivity contribution >= 4 is 17.7 Å². The summed E-state index contributed by atoms with van der Waals surface area (Å²) in [4.78, 5) is 13.2. The molecule has 2 aromatic rings. The first-order valence-electron chi connectivity index (χ1n) is 7.16. The molecule has 110 valence electrons. The first-order valence-corrected chi connectivity index (χ1v) is 8.39. The van der Waals surface area contributed by atoms with Crippen molar-refractivity contribution in [3.05, 3.63) is 65.7 Å². The summed E-state index contributed by atoms with van der Waals surface area (Å²) >= 11 is 1.72. The number of benzene rings is 2. The van der Waals surface area contributed by atoms with Crippen LogP contribution in [0.1, 0.15) is 30.5 Å². The third kappa shape index (κ3) is 4.94. The van der Waals surface area contributed by atoms with Crippen LogP contribution in [0.2, 0.25) is 0 Å². The molecule has 2 rings (SSSR count). The molecular weight excluding hydrogens is 278 g/mol. The van der Waals surface area contributed by atoms with Crippen LogP contribution in [0.4, 0.5) is 0 Å². The molecule has 0 aliphatic heterocycles. The van der Waals surface area contributed by atoms with Gasteiger partial charge in [0.05, 0.1) is 6.04 Å². The van der Waals surface area contributed by atoms with E-state index in [0.717, 1.165) is 12.0 Å². The van der Waals surface area contributed by atoms with Gasteiger partial charge in [0, 0.05) is 11.3 Å². The van der Waals surface area contributed by atoms with Gasteiger partial charge in [-0.2, -0.15) is 0 Å². The summed E-state index contributed by atoms with van der Waals surface area (Å²) in [5.74, 6) is 0.0975. The van der Waals surface area contributed by atoms with Gasteiger partial charge in [0.25, 0.3) is 0 Å². The summed E-state index contributed by atoms with van der Waals surface area (Å²) in [6.07, 6.45) is 3.37. The zero-order chi connectivity index (χ0) is 15.1. The molecule has 0 saturated heterocycles. The Labute approximate surface area is 131 Å². The molecule has 0 aromatic heterocycles. The number of rotatable bonds is 6. The third-order valence-electron chi connectivity index (χ3n) is 3.48. The molecule has 0 unspecified atom stereocenters. The maximum atomic E-state index is 12.0. The van der Waals surface area contributed by atoms with Crippen molar-refractivity contribution in [2.75, 3.05) is 6.26 Å². The summed E-state index contributed by atoms with van der Waals surface area (Å²) < 4.78 is 0. The van der Waals surface area contributed by atoms with Crippen LogP contribution in [0.25, 0.3) is 0 Å². The Bertz CT molecular complexity index is 566. The fourth-order valence-corrected chi connectivity index (χ4v) is 2.60. The van der Waals surface area contributed by atoms with Crippen molar-refractivity contribution in [3.8, 4) is 0 Å². The van der Waals surface area contributed by atoms with Crippen molar-refractivity contribution in [2.45, 2.75) is 30.7 Å². The minimum absolute atomic E-state index is 0.0455. The smallest absolute Gasteiger partial charge is 0.220 e. The van der Waals surface area contributed by atoms with E-state index in [9.17, 15) is 4.79 Å². The molecule has 1 amide bonds. The number of amides is 1. The van der Waals surface area contributed by atoms with Crippen LogP contribution in [-0.2, 0) is 11.2 Å². The van der Waals surface area contributed by atoms with E-state index < -0.39 is 0 Å². The zero-order valence-corrected chi connectivity index (χ0v) is 13.3. The maximum absolute atomic E-state index is 12.0. The highest BCUT2D eigenvalue weighted by Gasteiger charge is 2.09. The van der Waals surface area contributed by atoms with Crippen molar-refractivity contribution < 1.29 is 4.79 Å². The minimum Gasteiger partial charge on any atom is -0.350 e. The van der Waals surface area contributed by atoms with Crippen molar-refractivity contribution in [2.24, 2.45) is 0 Å². The van der Waals surface area contributed by atoms with Crippen molar-refractivity contribution in [1.29, 1.82) is 0 Å². The van der Waals surface area contributed by atoms with Crippen LogP contribution in [-0.4, -0.2) is 12.2 Å². The van der Waals surface area contributed by atoms with Crippen LogP contribution in [0.3, 0.4) is 0 Å². The molecule has 0 aliphatic rings. The zero-order valence-electron chi connectivity index (χ0n) is 12.5. The lowest BCUT2D eigenvalue weighted by atomic mass is 10.1. The monoisotopic (exact) mass is 299 g/mol. The number of carbonyl (C=O) groups is 1. The van der Waals surface area contributed by atoms with E-state index >= 15 is 0 Å². The lowest BCUT2D eigenvalue weighted by molar-refractivity contribution is -0.121. The number of aryl methyl sites for hydroxylation is 1. The van der Waals surface area contributed by atoms with Gasteiger partial charge in [-0.3, -0.25) is 4.79 Å². The van der Waals surface area contributed by atoms with E-state index in [1.54, 1.807) is 11.8 Å². The van der Waals surface area contributed by atoms with Crippen molar-refractivity contribution in [1.82, 2.24) is 5.32 Å². The molecule has 21 heavy (non-hydrogen) atoms. The molecule has 1 N–H and O–H groups in total. The van der Waals surface area contributed by atoms with Gasteiger partial charge in [0.2, 0.25) is 5.91 Å². The molecule has 0 saturated carbocycles. The van der Waals surface area contributed by atoms with Gasteiger partial charge in [-0.15, -0.1) is 11.8 Å². The first-order chi connectivity index (χ1) is 10.2. The van der Waals surface area contributed by atoms with E-state index in [4.69, 9.17) is 0 Å². The van der Waals surface area contributed by atoms with Gasteiger partial charge in [-0.25, -0.2) is 0 Å². The molecule has 0 bridgehead atoms. The molecule has 0 heterocycles. The summed E-state index contributed by atoms with van der Waals surface area (Å²) in [5.41, 5.74) is 2.34. The predicted octanol–water partition coefficient (Wildman–Crippen LogP) is 4.22. The molecule has 0 aliphatic carbocycles. The Morgan fingerprint density at radius 3 is 2.38 bits per heavy atom. The van der Waals surface area contributed by atoms with Crippen LogP contribution >= 0.6 is 11.8 Å². The lowest BCUT2D eigenvalue weighted by Gasteiger charge is -2.14. The largest absolute Gasteiger partial charge is 0.350 e. The highest BCUT2D eigenvalue weighted by molar-refractivity contribution is 7.98. The number of thioether (sulfide) groups is 1. The summed E-state index contributed by atoms with van der Waals surface area (Å²) in [6.45, 7) is 2.02. The molecule has 2 aromatic carbocycles. The van der Waals surface area contributed by atoms with Gasteiger partial charge < -0.3 is 5.32 Å². The van der Waals surface area contributed by atoms with Gasteiger partial charge >= 0.3 is 0 Å². The van der Waals surface area contributed by atoms with E-state index in [0.29, 0.717) is 6.42 Å². The topological polar surface area (TPSA) is 29.1 Å². The fraction of sp³-hybridized carbons (Fsp3) is 0.278. The summed E-state index contributed by atoms with van der Waals surface area (Å²) in [7, 11) is 0. The van der Waals surface area contributed by atoms with E-state index in [1.807, 2.05) is 25.1 Å². The molecule has 0 spiro atoms. The molecule has 3 heteroatoms. The quantitative estimate of drug-likeness (QED) is 0.809. The molecule has 0 fully saturated rings. The first kappa shape index (κ1) is 15.6. The predicted molar refractivity (Wildman–Crippen MR) is 89.5 cm³/mol. The maximum Gasteiger partial charge on any atom is 0.220 e. The Morgan fingerprint density at radius 2 is 1.76 bits per heavy atom. The highest BCUT2D eigenvalue weighted by Crippen LogP contribution is 2.19. The fourth-order valence-electron chi connectivity index (χ4n) is 2.19.